The SMILES string of the molecule is CCC(C)n1c(=S)[nH]c(=O)c2c(C(F)F)cc(-c3cnn(CC)c3)nc21. The molecule has 0 bridgehead atoms. The van der Waals surface area contributed by atoms with Gasteiger partial charge in [-0.15, -0.1) is 0 Å². The number of nitrogens with zero attached hydrogens (tertiary/aromatic N) is 4. The molecule has 3 aromatic heterocycles. The summed E-state index contributed by atoms with van der Waals surface area (Å²) in [4.78, 5) is 19.4. The first kappa shape index (κ1) is 18.4. The highest BCUT2D eigenvalue weighted by Gasteiger charge is 2.22. The van der Waals surface area contributed by atoms with Crippen molar-refractivity contribution >= 4 is 23.3 Å². The van der Waals surface area contributed by atoms with Crippen molar-refractivity contribution in [2.75, 3.05) is 0 Å². The minimum Gasteiger partial charge on any atom is -0.300 e. The number of rotatable bonds is 5. The standard InChI is InChI=1S/C17H19F2N5OS/c1-4-9(3)24-15-13(16(25)22-17(24)26)11(14(18)19)6-12(21-15)10-7-20-23(5-2)8-10/h6-9,14H,4-5H2,1-3H3,(H,22,25,26). The fraction of sp³-hybridized carbons (Fsp3) is 0.412. The number of nitrogens with one attached hydrogen (secondary N) is 1. The second-order valence-electron chi connectivity index (χ2n) is 6.07. The first-order valence-electron chi connectivity index (χ1n) is 8.37. The first-order valence-corrected chi connectivity index (χ1v) is 8.78. The summed E-state index contributed by atoms with van der Waals surface area (Å²) >= 11 is 5.26. The number of aromatic nitrogens is 5. The smallest absolute Gasteiger partial charge is 0.264 e. The van der Waals surface area contributed by atoms with Gasteiger partial charge in [-0.3, -0.25) is 19.0 Å². The lowest BCUT2D eigenvalue weighted by Crippen LogP contribution is -2.19. The summed E-state index contributed by atoms with van der Waals surface area (Å²) in [5, 5.41) is 4.04. The number of pyridine rings is 1. The summed E-state index contributed by atoms with van der Waals surface area (Å²) in [5.74, 6) is 0. The predicted molar refractivity (Wildman–Crippen MR) is 98.0 cm³/mol. The van der Waals surface area contributed by atoms with Gasteiger partial charge in [-0.2, -0.15) is 5.10 Å². The minimum atomic E-state index is -2.82. The Labute approximate surface area is 153 Å². The van der Waals surface area contributed by atoms with Crippen LogP contribution in [0, 0.1) is 4.77 Å². The van der Waals surface area contributed by atoms with E-state index in [0.717, 1.165) is 0 Å². The number of hydrogen-bond acceptors (Lipinski definition) is 4. The number of H-pyrrole nitrogens is 1. The number of aryl methyl sites for hydroxylation is 1. The second-order valence-corrected chi connectivity index (χ2v) is 6.45. The fourth-order valence-electron chi connectivity index (χ4n) is 2.85. The zero-order valence-corrected chi connectivity index (χ0v) is 15.5. The molecule has 26 heavy (non-hydrogen) atoms. The van der Waals surface area contributed by atoms with Gasteiger partial charge in [0.05, 0.1) is 17.3 Å². The average molecular weight is 379 g/mol. The third-order valence-corrected chi connectivity index (χ3v) is 4.74. The van der Waals surface area contributed by atoms with Crippen LogP contribution in [0.1, 0.15) is 45.2 Å². The van der Waals surface area contributed by atoms with Gasteiger partial charge in [-0.25, -0.2) is 13.8 Å². The molecule has 0 radical (unpaired) electrons. The summed E-state index contributed by atoms with van der Waals surface area (Å²) in [5.41, 5.74) is 0.109. The van der Waals surface area contributed by atoms with Crippen LogP contribution in [0.2, 0.25) is 0 Å². The molecule has 1 atom stereocenters. The van der Waals surface area contributed by atoms with E-state index in [-0.39, 0.29) is 27.4 Å². The van der Waals surface area contributed by atoms with Crippen LogP contribution in [0.5, 0.6) is 0 Å². The quantitative estimate of drug-likeness (QED) is 0.673. The minimum absolute atomic E-state index is 0.103. The largest absolute Gasteiger partial charge is 0.300 e. The summed E-state index contributed by atoms with van der Waals surface area (Å²) in [6, 6.07) is 1.15. The van der Waals surface area contributed by atoms with Gasteiger partial charge in [0.2, 0.25) is 0 Å². The molecule has 0 spiro atoms. The fourth-order valence-corrected chi connectivity index (χ4v) is 3.21. The van der Waals surface area contributed by atoms with E-state index in [4.69, 9.17) is 12.2 Å². The number of aromatic amines is 1. The molecule has 3 rings (SSSR count). The Hall–Kier alpha value is -2.42. The molecule has 138 valence electrons. The van der Waals surface area contributed by atoms with Gasteiger partial charge in [0, 0.05) is 29.9 Å². The molecule has 9 heteroatoms. The van der Waals surface area contributed by atoms with Gasteiger partial charge < -0.3 is 0 Å². The Bertz CT molecular complexity index is 1070. The molecule has 6 nitrogen and oxygen atoms in total. The summed E-state index contributed by atoms with van der Waals surface area (Å²) in [6.07, 6.45) is 1.20. The van der Waals surface area contributed by atoms with Crippen LogP contribution in [-0.4, -0.2) is 24.3 Å². The van der Waals surface area contributed by atoms with E-state index in [0.29, 0.717) is 24.2 Å². The van der Waals surface area contributed by atoms with E-state index in [1.807, 2.05) is 20.8 Å². The molecular weight excluding hydrogens is 360 g/mol. The van der Waals surface area contributed by atoms with Crippen LogP contribution in [0.25, 0.3) is 22.3 Å². The normalized spacial score (nSPS) is 12.8. The van der Waals surface area contributed by atoms with Crippen molar-refractivity contribution in [3.63, 3.8) is 0 Å². The Balaban J connectivity index is 2.43. The molecule has 0 fully saturated rings. The van der Waals surface area contributed by atoms with Gasteiger partial charge in [-0.05, 0) is 38.6 Å². The molecule has 0 aliphatic rings. The van der Waals surface area contributed by atoms with Gasteiger partial charge in [-0.1, -0.05) is 6.92 Å². The summed E-state index contributed by atoms with van der Waals surface area (Å²) in [6.45, 7) is 6.43. The van der Waals surface area contributed by atoms with Crippen LogP contribution in [-0.2, 0) is 6.54 Å². The molecule has 3 aromatic rings. The summed E-state index contributed by atoms with van der Waals surface area (Å²) < 4.78 is 30.9. The Kier molecular flexibility index (Phi) is 4.99. The molecule has 0 aliphatic carbocycles. The second kappa shape index (κ2) is 7.06. The highest BCUT2D eigenvalue weighted by molar-refractivity contribution is 7.71. The molecule has 0 aliphatic heterocycles. The maximum absolute atomic E-state index is 13.7. The van der Waals surface area contributed by atoms with E-state index >= 15 is 0 Å². The van der Waals surface area contributed by atoms with Gasteiger partial charge in [0.1, 0.15) is 5.65 Å². The Morgan fingerprint density at radius 2 is 2.08 bits per heavy atom. The van der Waals surface area contributed by atoms with Gasteiger partial charge >= 0.3 is 0 Å². The van der Waals surface area contributed by atoms with Crippen LogP contribution >= 0.6 is 12.2 Å². The number of halogens is 2. The molecule has 0 aromatic carbocycles. The topological polar surface area (TPSA) is 68.5 Å². The molecular formula is C17H19F2N5OS. The van der Waals surface area contributed by atoms with Gasteiger partial charge in [0.15, 0.2) is 4.77 Å². The Morgan fingerprint density at radius 1 is 1.35 bits per heavy atom. The lowest BCUT2D eigenvalue weighted by molar-refractivity contribution is 0.153. The van der Waals surface area contributed by atoms with Crippen molar-refractivity contribution in [2.45, 2.75) is 46.2 Å². The predicted octanol–water partition coefficient (Wildman–Crippen LogP) is 4.25. The van der Waals surface area contributed by atoms with E-state index in [1.165, 1.54) is 6.07 Å². The monoisotopic (exact) mass is 379 g/mol. The van der Waals surface area contributed by atoms with Crippen LogP contribution in [0.4, 0.5) is 8.78 Å². The maximum Gasteiger partial charge on any atom is 0.264 e. The third-order valence-electron chi connectivity index (χ3n) is 4.45. The molecule has 0 saturated carbocycles. The molecule has 0 amide bonds. The lowest BCUT2D eigenvalue weighted by atomic mass is 10.1. The highest BCUT2D eigenvalue weighted by atomic mass is 32.1. The zero-order valence-electron chi connectivity index (χ0n) is 14.7. The van der Waals surface area contributed by atoms with Gasteiger partial charge in [0.25, 0.3) is 12.0 Å². The Morgan fingerprint density at radius 3 is 2.65 bits per heavy atom. The van der Waals surface area contributed by atoms with E-state index < -0.39 is 12.0 Å². The average Bonchev–Trinajstić information content (AvgIpc) is 3.09. The van der Waals surface area contributed by atoms with E-state index in [2.05, 4.69) is 15.1 Å². The lowest BCUT2D eigenvalue weighted by Gasteiger charge is -2.18. The molecule has 3 heterocycles. The first-order chi connectivity index (χ1) is 12.4. The van der Waals surface area contributed by atoms with Crippen molar-refractivity contribution in [1.29, 1.82) is 0 Å². The van der Waals surface area contributed by atoms with Crippen LogP contribution in [0.3, 0.4) is 0 Å². The van der Waals surface area contributed by atoms with Crippen molar-refractivity contribution in [2.24, 2.45) is 0 Å². The molecule has 1 unspecified atom stereocenters. The number of fused-ring (bicyclic) bond motifs is 1. The van der Waals surface area contributed by atoms with E-state index in [1.54, 1.807) is 21.6 Å². The van der Waals surface area contributed by atoms with Crippen molar-refractivity contribution in [1.82, 2.24) is 24.3 Å². The summed E-state index contributed by atoms with van der Waals surface area (Å²) in [7, 11) is 0. The van der Waals surface area contributed by atoms with Crippen LogP contribution < -0.4 is 5.56 Å². The molecule has 1 N–H and O–H groups in total. The highest BCUT2D eigenvalue weighted by Crippen LogP contribution is 2.30. The number of hydrogen-bond donors (Lipinski definition) is 1. The third kappa shape index (κ3) is 3.07. The van der Waals surface area contributed by atoms with E-state index in [9.17, 15) is 13.6 Å². The van der Waals surface area contributed by atoms with Crippen molar-refractivity contribution in [3.05, 3.63) is 39.1 Å². The van der Waals surface area contributed by atoms with Crippen molar-refractivity contribution < 1.29 is 8.78 Å². The van der Waals surface area contributed by atoms with Crippen molar-refractivity contribution in [3.8, 4) is 11.3 Å². The maximum atomic E-state index is 13.7. The zero-order chi connectivity index (χ0) is 19.0. The number of alkyl halides is 2. The van der Waals surface area contributed by atoms with Crippen LogP contribution in [0.15, 0.2) is 23.3 Å². The molecule has 0 saturated heterocycles.